The highest BCUT2D eigenvalue weighted by atomic mass is 19.4. The molecule has 224 valence electrons. The Balaban J connectivity index is 0.000000642. The van der Waals surface area contributed by atoms with Crippen LogP contribution in [0.25, 0.3) is 0 Å². The lowest BCUT2D eigenvalue weighted by molar-refractivity contribution is -0.138. The van der Waals surface area contributed by atoms with E-state index in [1.165, 1.54) is 35.6 Å². The maximum atomic E-state index is 13.2. The van der Waals surface area contributed by atoms with E-state index in [1.54, 1.807) is 18.3 Å². The number of hydrogen-bond acceptors (Lipinski definition) is 6. The average molecular weight is 577 g/mol. The Morgan fingerprint density at radius 3 is 2.27 bits per heavy atom. The van der Waals surface area contributed by atoms with Gasteiger partial charge in [-0.3, -0.25) is 4.79 Å². The molecule has 3 rings (SSSR count). The second-order valence-corrected chi connectivity index (χ2v) is 9.50. The average Bonchev–Trinajstić information content (AvgIpc) is 2.98. The SMILES string of the molecule is CCCCCN=C=O.CCCCCNC(=O)Nc1ccc(N2CCN(C(=O)c3ccccc3C(F)(F)F)CC2)nc1. The van der Waals surface area contributed by atoms with E-state index >= 15 is 0 Å². The van der Waals surface area contributed by atoms with Gasteiger partial charge in [-0.05, 0) is 37.1 Å². The fraction of sp³-hybridized carbons (Fsp3) is 0.517. The number of isocyanates is 1. The number of unbranched alkanes of at least 4 members (excludes halogenated alkanes) is 4. The van der Waals surface area contributed by atoms with E-state index in [-0.39, 0.29) is 24.7 Å². The number of nitrogens with zero attached hydrogens (tertiary/aromatic N) is 4. The number of benzene rings is 1. The number of urea groups is 1. The molecule has 1 aliphatic heterocycles. The zero-order valence-electron chi connectivity index (χ0n) is 23.7. The van der Waals surface area contributed by atoms with Crippen LogP contribution < -0.4 is 15.5 Å². The fourth-order valence-corrected chi connectivity index (χ4v) is 4.11. The summed E-state index contributed by atoms with van der Waals surface area (Å²) in [5, 5.41) is 5.52. The molecule has 0 bridgehead atoms. The monoisotopic (exact) mass is 576 g/mol. The van der Waals surface area contributed by atoms with Gasteiger partial charge in [-0.15, -0.1) is 0 Å². The van der Waals surface area contributed by atoms with Crippen molar-refractivity contribution in [3.05, 3.63) is 53.7 Å². The van der Waals surface area contributed by atoms with Crippen molar-refractivity contribution in [2.24, 2.45) is 4.99 Å². The maximum Gasteiger partial charge on any atom is 0.417 e. The van der Waals surface area contributed by atoms with Crippen molar-refractivity contribution >= 4 is 29.5 Å². The Morgan fingerprint density at radius 2 is 1.66 bits per heavy atom. The highest BCUT2D eigenvalue weighted by Crippen LogP contribution is 2.32. The molecule has 1 aliphatic rings. The Kier molecular flexibility index (Phi) is 14.4. The Bertz CT molecular complexity index is 1130. The van der Waals surface area contributed by atoms with Crippen LogP contribution in [0.3, 0.4) is 0 Å². The Labute approximate surface area is 239 Å². The number of alkyl halides is 3. The first-order valence-electron chi connectivity index (χ1n) is 14.0. The predicted molar refractivity (Wildman–Crippen MR) is 153 cm³/mol. The van der Waals surface area contributed by atoms with E-state index in [0.29, 0.717) is 37.7 Å². The lowest BCUT2D eigenvalue weighted by Gasteiger charge is -2.35. The third-order valence-electron chi connectivity index (χ3n) is 6.36. The number of halogens is 3. The minimum Gasteiger partial charge on any atom is -0.353 e. The number of hydrogen-bond donors (Lipinski definition) is 2. The molecule has 0 saturated carbocycles. The minimum atomic E-state index is -4.58. The van der Waals surface area contributed by atoms with Crippen LogP contribution in [0.5, 0.6) is 0 Å². The quantitative estimate of drug-likeness (QED) is 0.197. The smallest absolute Gasteiger partial charge is 0.353 e. The van der Waals surface area contributed by atoms with Gasteiger partial charge >= 0.3 is 12.2 Å². The summed E-state index contributed by atoms with van der Waals surface area (Å²) in [7, 11) is 0. The molecule has 12 heteroatoms. The number of aliphatic imine (C=N–C) groups is 1. The van der Waals surface area contributed by atoms with Gasteiger partial charge < -0.3 is 20.4 Å². The molecule has 2 aromatic rings. The topological polar surface area (TPSA) is 107 Å². The molecule has 0 unspecified atom stereocenters. The fourth-order valence-electron chi connectivity index (χ4n) is 4.11. The Morgan fingerprint density at radius 1 is 0.976 bits per heavy atom. The van der Waals surface area contributed by atoms with Crippen molar-refractivity contribution in [3.8, 4) is 0 Å². The third kappa shape index (κ3) is 11.6. The van der Waals surface area contributed by atoms with E-state index in [4.69, 9.17) is 0 Å². The number of carbonyl (C=O) groups is 2. The summed E-state index contributed by atoms with van der Waals surface area (Å²) in [6.07, 6.45) is 4.89. The first-order chi connectivity index (χ1) is 19.7. The molecular formula is C29H39F3N6O3. The summed E-state index contributed by atoms with van der Waals surface area (Å²) in [6, 6.07) is 8.07. The molecule has 1 aromatic heterocycles. The number of anilines is 2. The molecule has 0 spiro atoms. The zero-order chi connectivity index (χ0) is 30.1. The summed E-state index contributed by atoms with van der Waals surface area (Å²) in [6.45, 7) is 6.93. The van der Waals surface area contributed by atoms with Gasteiger partial charge in [0.25, 0.3) is 5.91 Å². The largest absolute Gasteiger partial charge is 0.417 e. The molecule has 1 fully saturated rings. The van der Waals surface area contributed by atoms with Gasteiger partial charge in [-0.1, -0.05) is 51.7 Å². The second kappa shape index (κ2) is 17.7. The standard InChI is InChI=1S/C23H28F3N5O2.C6H11NO/c1-2-3-6-11-27-22(33)29-17-9-10-20(28-16-17)30-12-14-31(15-13-30)21(32)18-7-4-5-8-19(18)23(24,25)26;1-2-3-4-5-7-6-8/h4-5,7-10,16H,2-3,6,11-15H2,1H3,(H2,27,29,33);2-5H2,1H3. The van der Waals surface area contributed by atoms with E-state index in [9.17, 15) is 27.6 Å². The van der Waals surface area contributed by atoms with Crippen molar-refractivity contribution < 1.29 is 27.6 Å². The van der Waals surface area contributed by atoms with Crippen LogP contribution in [0.4, 0.5) is 29.5 Å². The van der Waals surface area contributed by atoms with Gasteiger partial charge in [0.2, 0.25) is 6.08 Å². The van der Waals surface area contributed by atoms with Gasteiger partial charge in [-0.2, -0.15) is 13.2 Å². The number of aromatic nitrogens is 1. The summed E-state index contributed by atoms with van der Waals surface area (Å²) < 4.78 is 39.7. The molecule has 0 atom stereocenters. The number of pyridine rings is 1. The van der Waals surface area contributed by atoms with Crippen molar-refractivity contribution in [2.45, 2.75) is 58.5 Å². The molecule has 3 amide bonds. The maximum absolute atomic E-state index is 13.2. The van der Waals surface area contributed by atoms with Crippen molar-refractivity contribution in [1.82, 2.24) is 15.2 Å². The van der Waals surface area contributed by atoms with Gasteiger partial charge in [0.05, 0.1) is 29.6 Å². The van der Waals surface area contributed by atoms with Gasteiger partial charge in [0.1, 0.15) is 5.82 Å². The molecule has 1 saturated heterocycles. The van der Waals surface area contributed by atoms with E-state index < -0.39 is 17.6 Å². The summed E-state index contributed by atoms with van der Waals surface area (Å²) in [5.74, 6) is 0.0479. The van der Waals surface area contributed by atoms with E-state index in [2.05, 4.69) is 34.5 Å². The number of rotatable bonds is 11. The number of carbonyl (C=O) groups excluding carboxylic acids is 3. The van der Waals surface area contributed by atoms with Gasteiger partial charge in [0, 0.05) is 32.7 Å². The van der Waals surface area contributed by atoms with E-state index in [0.717, 1.165) is 38.2 Å². The van der Waals surface area contributed by atoms with Gasteiger partial charge in [0.15, 0.2) is 0 Å². The normalized spacial score (nSPS) is 13.0. The highest BCUT2D eigenvalue weighted by Gasteiger charge is 2.36. The molecule has 2 heterocycles. The highest BCUT2D eigenvalue weighted by molar-refractivity contribution is 5.96. The molecular weight excluding hydrogens is 537 g/mol. The second-order valence-electron chi connectivity index (χ2n) is 9.50. The summed E-state index contributed by atoms with van der Waals surface area (Å²) >= 11 is 0. The van der Waals surface area contributed by atoms with Crippen molar-refractivity contribution in [2.75, 3.05) is 49.5 Å². The predicted octanol–water partition coefficient (Wildman–Crippen LogP) is 5.89. The lowest BCUT2D eigenvalue weighted by Crippen LogP contribution is -2.49. The summed E-state index contributed by atoms with van der Waals surface area (Å²) in [4.78, 5) is 45.2. The number of piperazine rings is 1. The molecule has 9 nitrogen and oxygen atoms in total. The molecule has 2 N–H and O–H groups in total. The zero-order valence-corrected chi connectivity index (χ0v) is 23.7. The molecule has 1 aromatic carbocycles. The van der Waals surface area contributed by atoms with Crippen molar-refractivity contribution in [3.63, 3.8) is 0 Å². The van der Waals surface area contributed by atoms with Crippen molar-refractivity contribution in [1.29, 1.82) is 0 Å². The third-order valence-corrected chi connectivity index (χ3v) is 6.36. The van der Waals surface area contributed by atoms with Crippen LogP contribution in [0.15, 0.2) is 47.6 Å². The van der Waals surface area contributed by atoms with Crippen LogP contribution in [-0.2, 0) is 11.0 Å². The first-order valence-corrected chi connectivity index (χ1v) is 14.0. The number of amides is 3. The summed E-state index contributed by atoms with van der Waals surface area (Å²) in [5.41, 5.74) is -0.694. The van der Waals surface area contributed by atoms with Crippen LogP contribution in [-0.4, -0.2) is 67.2 Å². The number of nitrogens with one attached hydrogen (secondary N) is 2. The van der Waals surface area contributed by atoms with Crippen LogP contribution in [0, 0.1) is 0 Å². The van der Waals surface area contributed by atoms with Crippen LogP contribution in [0.1, 0.15) is 68.3 Å². The lowest BCUT2D eigenvalue weighted by atomic mass is 10.1. The first kappa shape index (κ1) is 33.3. The molecule has 0 radical (unpaired) electrons. The molecule has 41 heavy (non-hydrogen) atoms. The molecule has 0 aliphatic carbocycles. The van der Waals surface area contributed by atoms with E-state index in [1.807, 2.05) is 4.90 Å². The van der Waals surface area contributed by atoms with Gasteiger partial charge in [-0.25, -0.2) is 19.6 Å². The van der Waals surface area contributed by atoms with Crippen LogP contribution >= 0.6 is 0 Å². The Hall–Kier alpha value is -3.92. The minimum absolute atomic E-state index is 0.285. The van der Waals surface area contributed by atoms with Crippen LogP contribution in [0.2, 0.25) is 0 Å².